The molecule has 2 rings (SSSR count). The van der Waals surface area contributed by atoms with E-state index in [0.29, 0.717) is 5.69 Å². The van der Waals surface area contributed by atoms with E-state index in [0.717, 1.165) is 9.13 Å². The Labute approximate surface area is 119 Å². The summed E-state index contributed by atoms with van der Waals surface area (Å²) in [5.41, 5.74) is 1.50. The van der Waals surface area contributed by atoms with Gasteiger partial charge in [-0.3, -0.25) is 9.40 Å². The predicted octanol–water partition coefficient (Wildman–Crippen LogP) is 2.13. The zero-order chi connectivity index (χ0) is 13.3. The molecule has 1 N–H and O–H groups in total. The maximum absolute atomic E-state index is 12.1. The van der Waals surface area contributed by atoms with Crippen LogP contribution < -0.4 is 4.72 Å². The molecular formula is C11H12IN3O2S. The van der Waals surface area contributed by atoms with Crippen molar-refractivity contribution in [2.75, 3.05) is 4.72 Å². The molecule has 2 aromatic rings. The van der Waals surface area contributed by atoms with E-state index in [1.807, 2.05) is 19.1 Å². The summed E-state index contributed by atoms with van der Waals surface area (Å²) in [4.78, 5) is 0.156. The van der Waals surface area contributed by atoms with Gasteiger partial charge in [0.25, 0.3) is 10.0 Å². The van der Waals surface area contributed by atoms with Crippen LogP contribution in [0.15, 0.2) is 35.5 Å². The third-order valence-corrected chi connectivity index (χ3v) is 4.99. The van der Waals surface area contributed by atoms with Crippen molar-refractivity contribution in [3.63, 3.8) is 0 Å². The van der Waals surface area contributed by atoms with Gasteiger partial charge < -0.3 is 0 Å². The normalized spacial score (nSPS) is 11.5. The van der Waals surface area contributed by atoms with Crippen molar-refractivity contribution in [2.45, 2.75) is 11.8 Å². The van der Waals surface area contributed by atoms with Crippen LogP contribution in [0.2, 0.25) is 0 Å². The Morgan fingerprint density at radius 3 is 2.72 bits per heavy atom. The van der Waals surface area contributed by atoms with Crippen molar-refractivity contribution in [1.29, 1.82) is 0 Å². The maximum Gasteiger partial charge on any atom is 0.265 e. The summed E-state index contributed by atoms with van der Waals surface area (Å²) >= 11 is 2.17. The van der Waals surface area contributed by atoms with Gasteiger partial charge in [-0.25, -0.2) is 8.42 Å². The lowest BCUT2D eigenvalue weighted by Gasteiger charge is -2.10. The van der Waals surface area contributed by atoms with E-state index in [1.54, 1.807) is 13.1 Å². The standard InChI is InChI=1S/C11H12IN3O2S/c1-8-10(12)4-3-5-11(8)14-18(16,17)9-6-13-15(2)7-9/h3-7,14H,1-2H3. The summed E-state index contributed by atoms with van der Waals surface area (Å²) in [6, 6.07) is 5.49. The summed E-state index contributed by atoms with van der Waals surface area (Å²) in [7, 11) is -1.89. The third kappa shape index (κ3) is 2.66. The Morgan fingerprint density at radius 1 is 1.39 bits per heavy atom. The fourth-order valence-corrected chi connectivity index (χ4v) is 3.06. The highest BCUT2D eigenvalue weighted by Gasteiger charge is 2.17. The molecule has 5 nitrogen and oxygen atoms in total. The molecule has 1 aromatic carbocycles. The van der Waals surface area contributed by atoms with Gasteiger partial charge in [-0.1, -0.05) is 6.07 Å². The largest absolute Gasteiger partial charge is 0.279 e. The Bertz CT molecular complexity index is 679. The first-order chi connectivity index (χ1) is 8.40. The summed E-state index contributed by atoms with van der Waals surface area (Å²) < 4.78 is 29.3. The van der Waals surface area contributed by atoms with Crippen LogP contribution in [0.1, 0.15) is 5.56 Å². The van der Waals surface area contributed by atoms with E-state index in [2.05, 4.69) is 32.4 Å². The highest BCUT2D eigenvalue weighted by atomic mass is 127. The minimum Gasteiger partial charge on any atom is -0.279 e. The Morgan fingerprint density at radius 2 is 2.11 bits per heavy atom. The van der Waals surface area contributed by atoms with Crippen LogP contribution in [0.3, 0.4) is 0 Å². The molecule has 1 heterocycles. The zero-order valence-electron chi connectivity index (χ0n) is 9.88. The van der Waals surface area contributed by atoms with Crippen LogP contribution in [0.5, 0.6) is 0 Å². The average molecular weight is 377 g/mol. The van der Waals surface area contributed by atoms with Crippen molar-refractivity contribution >= 4 is 38.3 Å². The minimum atomic E-state index is -3.57. The second-order valence-electron chi connectivity index (χ2n) is 3.87. The number of anilines is 1. The predicted molar refractivity (Wildman–Crippen MR) is 77.9 cm³/mol. The lowest BCUT2D eigenvalue weighted by atomic mass is 10.2. The number of hydrogen-bond acceptors (Lipinski definition) is 3. The van der Waals surface area contributed by atoms with Gasteiger partial charge in [0, 0.05) is 16.8 Å². The van der Waals surface area contributed by atoms with Crippen molar-refractivity contribution in [1.82, 2.24) is 9.78 Å². The van der Waals surface area contributed by atoms with E-state index >= 15 is 0 Å². The Balaban J connectivity index is 2.37. The quantitative estimate of drug-likeness (QED) is 0.834. The van der Waals surface area contributed by atoms with Crippen molar-refractivity contribution in [2.24, 2.45) is 7.05 Å². The number of aromatic nitrogens is 2. The Hall–Kier alpha value is -1.09. The number of aryl methyl sites for hydroxylation is 1. The number of hydrogen-bond donors (Lipinski definition) is 1. The van der Waals surface area contributed by atoms with Gasteiger partial charge in [0.1, 0.15) is 4.90 Å². The number of benzene rings is 1. The first kappa shape index (κ1) is 13.3. The molecule has 0 aliphatic rings. The second kappa shape index (κ2) is 4.88. The van der Waals surface area contributed by atoms with Gasteiger partial charge in [0.15, 0.2) is 0 Å². The first-order valence-corrected chi connectivity index (χ1v) is 7.73. The molecule has 0 radical (unpaired) electrons. The molecule has 0 unspecified atom stereocenters. The molecule has 96 valence electrons. The van der Waals surface area contributed by atoms with E-state index in [1.165, 1.54) is 17.1 Å². The van der Waals surface area contributed by atoms with E-state index in [4.69, 9.17) is 0 Å². The van der Waals surface area contributed by atoms with E-state index in [-0.39, 0.29) is 4.90 Å². The zero-order valence-corrected chi connectivity index (χ0v) is 12.9. The number of halogens is 1. The van der Waals surface area contributed by atoms with E-state index < -0.39 is 10.0 Å². The van der Waals surface area contributed by atoms with Gasteiger partial charge in [-0.15, -0.1) is 0 Å². The van der Waals surface area contributed by atoms with Gasteiger partial charge in [0.2, 0.25) is 0 Å². The fourth-order valence-electron chi connectivity index (χ4n) is 1.46. The molecule has 18 heavy (non-hydrogen) atoms. The fraction of sp³-hybridized carbons (Fsp3) is 0.182. The molecule has 0 aliphatic heterocycles. The van der Waals surface area contributed by atoms with Crippen LogP contribution in [0.25, 0.3) is 0 Å². The van der Waals surface area contributed by atoms with Gasteiger partial charge >= 0.3 is 0 Å². The molecule has 0 aliphatic carbocycles. The highest BCUT2D eigenvalue weighted by molar-refractivity contribution is 14.1. The van der Waals surface area contributed by atoms with Crippen molar-refractivity contribution in [3.8, 4) is 0 Å². The maximum atomic E-state index is 12.1. The minimum absolute atomic E-state index is 0.156. The lowest BCUT2D eigenvalue weighted by Crippen LogP contribution is -2.13. The number of nitrogens with one attached hydrogen (secondary N) is 1. The number of rotatable bonds is 3. The molecule has 0 amide bonds. The highest BCUT2D eigenvalue weighted by Crippen LogP contribution is 2.23. The molecule has 0 saturated carbocycles. The van der Waals surface area contributed by atoms with Crippen molar-refractivity contribution < 1.29 is 8.42 Å². The monoisotopic (exact) mass is 377 g/mol. The molecule has 0 bridgehead atoms. The molecule has 0 saturated heterocycles. The summed E-state index contributed by atoms with van der Waals surface area (Å²) in [6.45, 7) is 1.88. The summed E-state index contributed by atoms with van der Waals surface area (Å²) in [5.74, 6) is 0. The molecule has 0 fully saturated rings. The van der Waals surface area contributed by atoms with Gasteiger partial charge in [-0.05, 0) is 47.2 Å². The SMILES string of the molecule is Cc1c(I)cccc1NS(=O)(=O)c1cnn(C)c1. The van der Waals surface area contributed by atoms with E-state index in [9.17, 15) is 8.42 Å². The molecule has 7 heteroatoms. The number of sulfonamides is 1. The van der Waals surface area contributed by atoms with Crippen LogP contribution in [-0.2, 0) is 17.1 Å². The molecule has 0 spiro atoms. The smallest absolute Gasteiger partial charge is 0.265 e. The van der Waals surface area contributed by atoms with Gasteiger partial charge in [0.05, 0.1) is 11.9 Å². The Kier molecular flexibility index (Phi) is 3.62. The summed E-state index contributed by atoms with van der Waals surface area (Å²) in [5, 5.41) is 3.86. The molecule has 0 atom stereocenters. The lowest BCUT2D eigenvalue weighted by molar-refractivity contribution is 0.601. The average Bonchev–Trinajstić information content (AvgIpc) is 2.72. The van der Waals surface area contributed by atoms with Crippen molar-refractivity contribution in [3.05, 3.63) is 39.7 Å². The second-order valence-corrected chi connectivity index (χ2v) is 6.71. The van der Waals surface area contributed by atoms with Crippen LogP contribution in [-0.4, -0.2) is 18.2 Å². The molecule has 1 aromatic heterocycles. The van der Waals surface area contributed by atoms with Crippen LogP contribution in [0, 0.1) is 10.5 Å². The summed E-state index contributed by atoms with van der Waals surface area (Å²) in [6.07, 6.45) is 2.79. The van der Waals surface area contributed by atoms with Crippen LogP contribution in [0.4, 0.5) is 5.69 Å². The van der Waals surface area contributed by atoms with Gasteiger partial charge in [-0.2, -0.15) is 5.10 Å². The molecular weight excluding hydrogens is 365 g/mol. The third-order valence-electron chi connectivity index (χ3n) is 2.50. The van der Waals surface area contributed by atoms with Crippen LogP contribution >= 0.6 is 22.6 Å². The number of nitrogens with zero attached hydrogens (tertiary/aromatic N) is 2. The topological polar surface area (TPSA) is 64.0 Å². The first-order valence-electron chi connectivity index (χ1n) is 5.17.